The molecule has 1 aromatic carbocycles. The fourth-order valence-electron chi connectivity index (χ4n) is 5.43. The largest absolute Gasteiger partial charge is 0.348 e. The van der Waals surface area contributed by atoms with Crippen LogP contribution in [0.3, 0.4) is 0 Å². The Labute approximate surface area is 173 Å². The number of likely N-dealkylation sites (tertiary alicyclic amines) is 1. The van der Waals surface area contributed by atoms with Crippen LogP contribution < -0.4 is 5.32 Å². The van der Waals surface area contributed by atoms with Gasteiger partial charge >= 0.3 is 6.03 Å². The van der Waals surface area contributed by atoms with Gasteiger partial charge in [-0.1, -0.05) is 25.0 Å². The van der Waals surface area contributed by atoms with Crippen LogP contribution in [0, 0.1) is 12.3 Å². The number of aromatic nitrogens is 1. The molecule has 3 atom stereocenters. The summed E-state index contributed by atoms with van der Waals surface area (Å²) in [5.74, 6) is 3.27. The number of piperidine rings is 1. The van der Waals surface area contributed by atoms with Crippen LogP contribution in [0.15, 0.2) is 18.2 Å². The molecule has 0 radical (unpaired) electrons. The first kappa shape index (κ1) is 19.8. The van der Waals surface area contributed by atoms with Crippen LogP contribution in [-0.2, 0) is 6.42 Å². The molecule has 1 aromatic heterocycles. The van der Waals surface area contributed by atoms with Crippen LogP contribution in [0.5, 0.6) is 0 Å². The molecule has 0 bridgehead atoms. The molecule has 0 spiro atoms. The molecule has 5 nitrogen and oxygen atoms in total. The standard InChI is InChI=1S/C24H32N4O/c1-5-12-28-15-16(25-24(29)27(7-3)8-4)13-18-17-10-9-11-21-23(17)19(14-22(18)28)20(6-2)26-21/h2,9-11,16,18,22,26H,5,7-8,12-15H2,1,3-4H3,(H,25,29)/t16-,18+,22+/m0/s1. The number of carbonyl (C=O) groups is 1. The Bertz CT molecular complexity index is 936. The number of amides is 2. The van der Waals surface area contributed by atoms with E-state index in [2.05, 4.69) is 46.2 Å². The van der Waals surface area contributed by atoms with E-state index >= 15 is 0 Å². The van der Waals surface area contributed by atoms with Crippen LogP contribution in [0.25, 0.3) is 10.9 Å². The minimum absolute atomic E-state index is 0.0564. The van der Waals surface area contributed by atoms with Gasteiger partial charge in [-0.25, -0.2) is 4.79 Å². The van der Waals surface area contributed by atoms with E-state index in [1.54, 1.807) is 0 Å². The molecule has 0 saturated carbocycles. The first-order valence-electron chi connectivity index (χ1n) is 11.0. The summed E-state index contributed by atoms with van der Waals surface area (Å²) in [6.07, 6.45) is 8.88. The molecular formula is C24H32N4O. The Kier molecular flexibility index (Phi) is 5.56. The monoisotopic (exact) mass is 392 g/mol. The third-order valence-corrected chi connectivity index (χ3v) is 6.73. The molecule has 1 aliphatic carbocycles. The van der Waals surface area contributed by atoms with Crippen molar-refractivity contribution in [3.05, 3.63) is 35.0 Å². The average Bonchev–Trinajstić information content (AvgIpc) is 3.09. The number of fused-ring (bicyclic) bond motifs is 2. The molecular weight excluding hydrogens is 360 g/mol. The summed E-state index contributed by atoms with van der Waals surface area (Å²) in [5.41, 5.74) is 4.75. The number of carbonyl (C=O) groups excluding carboxylic acids is 1. The van der Waals surface area contributed by atoms with Crippen molar-refractivity contribution in [3.63, 3.8) is 0 Å². The number of hydrogen-bond acceptors (Lipinski definition) is 2. The Morgan fingerprint density at radius 2 is 2.14 bits per heavy atom. The summed E-state index contributed by atoms with van der Waals surface area (Å²) >= 11 is 0. The van der Waals surface area contributed by atoms with E-state index in [9.17, 15) is 4.79 Å². The first-order valence-corrected chi connectivity index (χ1v) is 11.0. The number of hydrogen-bond donors (Lipinski definition) is 2. The SMILES string of the molecule is C#Cc1[nH]c2cccc3c2c1C[C@@H]1[C@@H]3C[C@H](NC(=O)N(CC)CC)CN1CCC. The van der Waals surface area contributed by atoms with Crippen molar-refractivity contribution >= 4 is 16.9 Å². The van der Waals surface area contributed by atoms with Gasteiger partial charge in [-0.05, 0) is 56.8 Å². The molecule has 2 aliphatic rings. The van der Waals surface area contributed by atoms with Gasteiger partial charge in [0.25, 0.3) is 0 Å². The van der Waals surface area contributed by atoms with Crippen molar-refractivity contribution in [3.8, 4) is 12.3 Å². The highest BCUT2D eigenvalue weighted by Crippen LogP contribution is 2.44. The second-order valence-electron chi connectivity index (χ2n) is 8.32. The number of rotatable bonds is 5. The van der Waals surface area contributed by atoms with E-state index in [1.807, 2.05) is 18.7 Å². The van der Waals surface area contributed by atoms with Crippen molar-refractivity contribution in [1.29, 1.82) is 0 Å². The zero-order valence-corrected chi connectivity index (χ0v) is 17.8. The third-order valence-electron chi connectivity index (χ3n) is 6.73. The summed E-state index contributed by atoms with van der Waals surface area (Å²) < 4.78 is 0. The molecule has 2 aromatic rings. The lowest BCUT2D eigenvalue weighted by Gasteiger charge is -2.47. The molecule has 2 heterocycles. The molecule has 0 unspecified atom stereocenters. The highest BCUT2D eigenvalue weighted by Gasteiger charge is 2.41. The van der Waals surface area contributed by atoms with Crippen LogP contribution in [-0.4, -0.2) is 59.1 Å². The summed E-state index contributed by atoms with van der Waals surface area (Å²) in [5, 5.41) is 4.63. The maximum Gasteiger partial charge on any atom is 0.317 e. The number of benzene rings is 1. The predicted molar refractivity (Wildman–Crippen MR) is 118 cm³/mol. The van der Waals surface area contributed by atoms with Gasteiger partial charge in [0.05, 0.1) is 5.69 Å². The summed E-state index contributed by atoms with van der Waals surface area (Å²) in [6, 6.07) is 7.17. The maximum atomic E-state index is 12.7. The Balaban J connectivity index is 1.68. The third kappa shape index (κ3) is 3.40. The molecule has 1 saturated heterocycles. The summed E-state index contributed by atoms with van der Waals surface area (Å²) in [4.78, 5) is 20.6. The van der Waals surface area contributed by atoms with E-state index in [0.717, 1.165) is 56.7 Å². The van der Waals surface area contributed by atoms with Crippen molar-refractivity contribution in [2.75, 3.05) is 26.2 Å². The zero-order valence-electron chi connectivity index (χ0n) is 17.8. The van der Waals surface area contributed by atoms with Gasteiger partial charge in [-0.3, -0.25) is 4.90 Å². The van der Waals surface area contributed by atoms with Crippen molar-refractivity contribution in [2.45, 2.75) is 58.0 Å². The number of H-pyrrole nitrogens is 1. The molecule has 1 fully saturated rings. The van der Waals surface area contributed by atoms with Crippen LogP contribution in [0.2, 0.25) is 0 Å². The quantitative estimate of drug-likeness (QED) is 0.763. The van der Waals surface area contributed by atoms with Gasteiger partial charge in [0.1, 0.15) is 0 Å². The fourth-order valence-corrected chi connectivity index (χ4v) is 5.43. The van der Waals surface area contributed by atoms with Gasteiger partial charge in [0, 0.05) is 48.5 Å². The summed E-state index contributed by atoms with van der Waals surface area (Å²) in [6.45, 7) is 9.71. The average molecular weight is 393 g/mol. The van der Waals surface area contributed by atoms with E-state index in [-0.39, 0.29) is 12.1 Å². The lowest BCUT2D eigenvalue weighted by atomic mass is 9.73. The van der Waals surface area contributed by atoms with Gasteiger partial charge in [0.15, 0.2) is 0 Å². The molecule has 5 heteroatoms. The van der Waals surface area contributed by atoms with E-state index in [1.165, 1.54) is 16.5 Å². The number of urea groups is 1. The van der Waals surface area contributed by atoms with E-state index in [4.69, 9.17) is 6.42 Å². The molecule has 154 valence electrons. The van der Waals surface area contributed by atoms with E-state index < -0.39 is 0 Å². The zero-order chi connectivity index (χ0) is 20.5. The van der Waals surface area contributed by atoms with Crippen molar-refractivity contribution in [2.24, 2.45) is 0 Å². The van der Waals surface area contributed by atoms with Crippen LogP contribution in [0.1, 0.15) is 56.4 Å². The van der Waals surface area contributed by atoms with Gasteiger partial charge < -0.3 is 15.2 Å². The second-order valence-corrected chi connectivity index (χ2v) is 8.32. The normalized spacial score (nSPS) is 23.4. The number of aromatic amines is 1. The second kappa shape index (κ2) is 8.12. The number of nitrogens with one attached hydrogen (secondary N) is 2. The molecule has 2 amide bonds. The predicted octanol–water partition coefficient (Wildman–Crippen LogP) is 3.69. The highest BCUT2D eigenvalue weighted by molar-refractivity contribution is 5.90. The van der Waals surface area contributed by atoms with Crippen molar-refractivity contribution < 1.29 is 4.79 Å². The Morgan fingerprint density at radius 1 is 1.34 bits per heavy atom. The fraction of sp³-hybridized carbons (Fsp3) is 0.542. The molecule has 2 N–H and O–H groups in total. The maximum absolute atomic E-state index is 12.7. The smallest absolute Gasteiger partial charge is 0.317 e. The number of nitrogens with zero attached hydrogens (tertiary/aromatic N) is 2. The highest BCUT2D eigenvalue weighted by atomic mass is 16.2. The lowest BCUT2D eigenvalue weighted by Crippen LogP contribution is -2.57. The Morgan fingerprint density at radius 3 is 2.83 bits per heavy atom. The molecule has 4 rings (SSSR count). The van der Waals surface area contributed by atoms with E-state index in [0.29, 0.717) is 12.0 Å². The van der Waals surface area contributed by atoms with Crippen LogP contribution in [0.4, 0.5) is 4.79 Å². The number of terminal acetylenes is 1. The van der Waals surface area contributed by atoms with Gasteiger partial charge in [0.2, 0.25) is 0 Å². The lowest BCUT2D eigenvalue weighted by molar-refractivity contribution is 0.0979. The topological polar surface area (TPSA) is 51.4 Å². The van der Waals surface area contributed by atoms with Gasteiger partial charge in [-0.2, -0.15) is 0 Å². The van der Waals surface area contributed by atoms with Gasteiger partial charge in [-0.15, -0.1) is 6.42 Å². The Hall–Kier alpha value is -2.45. The molecule has 29 heavy (non-hydrogen) atoms. The minimum atomic E-state index is 0.0564. The minimum Gasteiger partial charge on any atom is -0.348 e. The van der Waals surface area contributed by atoms with Crippen LogP contribution >= 0.6 is 0 Å². The van der Waals surface area contributed by atoms with Crippen molar-refractivity contribution in [1.82, 2.24) is 20.1 Å². The molecule has 1 aliphatic heterocycles. The summed E-state index contributed by atoms with van der Waals surface area (Å²) in [7, 11) is 0. The first-order chi connectivity index (χ1) is 14.1.